The Bertz CT molecular complexity index is 1460. The van der Waals surface area contributed by atoms with Crippen LogP contribution in [-0.4, -0.2) is 25.5 Å². The summed E-state index contributed by atoms with van der Waals surface area (Å²) in [6.45, 7) is 2.46. The Morgan fingerprint density at radius 1 is 1.09 bits per heavy atom. The number of halogens is 2. The Morgan fingerprint density at radius 3 is 2.75 bits per heavy atom. The van der Waals surface area contributed by atoms with E-state index in [9.17, 15) is 4.79 Å². The lowest BCUT2D eigenvalue weighted by molar-refractivity contribution is 0.100. The first kappa shape index (κ1) is 20.4. The second-order valence-electron chi connectivity index (χ2n) is 7.41. The zero-order valence-corrected chi connectivity index (χ0v) is 18.4. The minimum absolute atomic E-state index is 0.0751. The fraction of sp³-hybridized carbons (Fsp3) is 0.0833. The Labute approximate surface area is 193 Å². The number of hydrogen-bond donors (Lipinski definition) is 0. The van der Waals surface area contributed by atoms with Crippen molar-refractivity contribution < 1.29 is 9.21 Å². The van der Waals surface area contributed by atoms with Crippen LogP contribution in [0.25, 0.3) is 22.4 Å². The number of benzene rings is 2. The second-order valence-corrected chi connectivity index (χ2v) is 8.25. The first-order chi connectivity index (χ1) is 15.5. The zero-order chi connectivity index (χ0) is 22.2. The van der Waals surface area contributed by atoms with E-state index in [4.69, 9.17) is 27.6 Å². The van der Waals surface area contributed by atoms with Crippen molar-refractivity contribution in [3.05, 3.63) is 99.7 Å². The topological polar surface area (TPSA) is 73.8 Å². The molecule has 0 amide bonds. The predicted molar refractivity (Wildman–Crippen MR) is 123 cm³/mol. The van der Waals surface area contributed by atoms with Gasteiger partial charge in [-0.1, -0.05) is 40.9 Å². The highest BCUT2D eigenvalue weighted by molar-refractivity contribution is 6.35. The Morgan fingerprint density at radius 2 is 1.97 bits per heavy atom. The van der Waals surface area contributed by atoms with Crippen molar-refractivity contribution in [1.29, 1.82) is 0 Å². The number of rotatable bonds is 5. The fourth-order valence-electron chi connectivity index (χ4n) is 3.59. The lowest BCUT2D eigenvalue weighted by Gasteiger charge is -2.08. The summed E-state index contributed by atoms with van der Waals surface area (Å²) in [6, 6.07) is 14.9. The van der Waals surface area contributed by atoms with Crippen LogP contribution in [0.1, 0.15) is 27.4 Å². The molecule has 0 spiro atoms. The Hall–Kier alpha value is -3.48. The van der Waals surface area contributed by atoms with Crippen LogP contribution in [0.3, 0.4) is 0 Å². The summed E-state index contributed by atoms with van der Waals surface area (Å²) in [6.07, 6.45) is 5.05. The summed E-state index contributed by atoms with van der Waals surface area (Å²) in [4.78, 5) is 17.4. The molecule has 0 saturated carbocycles. The van der Waals surface area contributed by atoms with E-state index in [1.165, 1.54) is 0 Å². The monoisotopic (exact) mass is 462 g/mol. The first-order valence-corrected chi connectivity index (χ1v) is 10.6. The molecular weight excluding hydrogens is 447 g/mol. The molecule has 0 radical (unpaired) electrons. The Kier molecular flexibility index (Phi) is 5.25. The summed E-state index contributed by atoms with van der Waals surface area (Å²) in [5.41, 5.74) is 3.96. The van der Waals surface area contributed by atoms with Crippen LogP contribution in [0, 0.1) is 6.92 Å². The van der Waals surface area contributed by atoms with Gasteiger partial charge in [-0.25, -0.2) is 0 Å². The van der Waals surface area contributed by atoms with E-state index in [2.05, 4.69) is 15.2 Å². The van der Waals surface area contributed by atoms with Crippen LogP contribution >= 0.6 is 23.2 Å². The van der Waals surface area contributed by atoms with E-state index in [1.54, 1.807) is 42.9 Å². The molecule has 8 heteroatoms. The highest BCUT2D eigenvalue weighted by Crippen LogP contribution is 2.29. The number of pyridine rings is 1. The minimum Gasteiger partial charge on any atom is -0.413 e. The van der Waals surface area contributed by atoms with Crippen molar-refractivity contribution in [2.24, 2.45) is 0 Å². The van der Waals surface area contributed by atoms with Crippen LogP contribution in [0.15, 0.2) is 71.5 Å². The van der Waals surface area contributed by atoms with Crippen LogP contribution < -0.4 is 0 Å². The van der Waals surface area contributed by atoms with Gasteiger partial charge in [-0.2, -0.15) is 0 Å². The Balaban J connectivity index is 1.56. The number of hydrogen-bond acceptors (Lipinski definition) is 5. The molecular formula is C24H16Cl2N4O2. The van der Waals surface area contributed by atoms with E-state index in [0.29, 0.717) is 27.7 Å². The number of ketones is 1. The molecule has 0 aliphatic carbocycles. The maximum Gasteiger partial charge on any atom is 0.289 e. The lowest BCUT2D eigenvalue weighted by Crippen LogP contribution is -2.02. The van der Waals surface area contributed by atoms with Gasteiger partial charge in [0.1, 0.15) is 0 Å². The summed E-state index contributed by atoms with van der Waals surface area (Å²) in [5.74, 6) is -0.174. The summed E-state index contributed by atoms with van der Waals surface area (Å²) < 4.78 is 7.65. The highest BCUT2D eigenvalue weighted by atomic mass is 35.5. The van der Waals surface area contributed by atoms with E-state index in [-0.39, 0.29) is 17.6 Å². The summed E-state index contributed by atoms with van der Waals surface area (Å²) >= 11 is 12.4. The average Bonchev–Trinajstić information content (AvgIpc) is 3.41. The largest absolute Gasteiger partial charge is 0.413 e. The van der Waals surface area contributed by atoms with Crippen molar-refractivity contribution in [1.82, 2.24) is 19.7 Å². The number of nitrogens with zero attached hydrogens (tertiary/aromatic N) is 4. The van der Waals surface area contributed by atoms with E-state index < -0.39 is 0 Å². The van der Waals surface area contributed by atoms with E-state index in [0.717, 1.165) is 22.0 Å². The smallest absolute Gasteiger partial charge is 0.289 e. The zero-order valence-electron chi connectivity index (χ0n) is 16.9. The number of carbonyl (C=O) groups is 1. The normalized spacial score (nSPS) is 11.2. The first-order valence-electron chi connectivity index (χ1n) is 9.81. The number of aromatic nitrogens is 4. The van der Waals surface area contributed by atoms with Crippen molar-refractivity contribution in [2.45, 2.75) is 13.5 Å². The van der Waals surface area contributed by atoms with Gasteiger partial charge >= 0.3 is 0 Å². The molecule has 0 unspecified atom stereocenters. The van der Waals surface area contributed by atoms with Gasteiger partial charge in [-0.3, -0.25) is 9.78 Å². The standard InChI is InChI=1S/C24H16Cl2N4O2/c1-14-4-7-21-18(9-14)19(13-30(21)12-16-5-6-17(25)10-20(16)26)22(31)24-29-28-23(32-24)15-3-2-8-27-11-15/h2-11,13H,12H2,1H3. The molecule has 0 atom stereocenters. The van der Waals surface area contributed by atoms with Crippen LogP contribution in [0.5, 0.6) is 0 Å². The lowest BCUT2D eigenvalue weighted by atomic mass is 10.1. The van der Waals surface area contributed by atoms with Gasteiger partial charge in [0.05, 0.1) is 11.1 Å². The molecule has 3 heterocycles. The molecule has 5 aromatic rings. The fourth-order valence-corrected chi connectivity index (χ4v) is 4.06. The molecule has 158 valence electrons. The minimum atomic E-state index is -0.343. The van der Waals surface area contributed by atoms with Crippen molar-refractivity contribution in [3.8, 4) is 11.5 Å². The van der Waals surface area contributed by atoms with Gasteiger partial charge < -0.3 is 8.98 Å². The number of fused-ring (bicyclic) bond motifs is 1. The SMILES string of the molecule is Cc1ccc2c(c1)c(C(=O)c1nnc(-c3cccnc3)o1)cn2Cc1ccc(Cl)cc1Cl. The third-order valence-corrected chi connectivity index (χ3v) is 5.75. The highest BCUT2D eigenvalue weighted by Gasteiger charge is 2.23. The summed E-state index contributed by atoms with van der Waals surface area (Å²) in [7, 11) is 0. The summed E-state index contributed by atoms with van der Waals surface area (Å²) in [5, 5.41) is 9.93. The predicted octanol–water partition coefficient (Wildman–Crippen LogP) is 5.98. The van der Waals surface area contributed by atoms with E-state index >= 15 is 0 Å². The molecule has 5 rings (SSSR count). The second kappa shape index (κ2) is 8.22. The van der Waals surface area contributed by atoms with E-state index in [1.807, 2.05) is 35.8 Å². The number of aryl methyl sites for hydroxylation is 1. The van der Waals surface area contributed by atoms with Crippen LogP contribution in [-0.2, 0) is 6.54 Å². The molecule has 3 aromatic heterocycles. The van der Waals surface area contributed by atoms with Gasteiger partial charge in [-0.05, 0) is 48.9 Å². The molecule has 0 aliphatic rings. The maximum atomic E-state index is 13.3. The van der Waals surface area contributed by atoms with Gasteiger partial charge in [0.25, 0.3) is 11.7 Å². The molecule has 32 heavy (non-hydrogen) atoms. The van der Waals surface area contributed by atoms with Crippen molar-refractivity contribution >= 4 is 39.9 Å². The number of carbonyl (C=O) groups excluding carboxylic acids is 1. The van der Waals surface area contributed by atoms with Crippen molar-refractivity contribution in [2.75, 3.05) is 0 Å². The van der Waals surface area contributed by atoms with Crippen LogP contribution in [0.2, 0.25) is 10.0 Å². The maximum absolute atomic E-state index is 13.3. The van der Waals surface area contributed by atoms with Crippen LogP contribution in [0.4, 0.5) is 0 Å². The molecule has 0 saturated heterocycles. The third kappa shape index (κ3) is 3.79. The third-order valence-electron chi connectivity index (χ3n) is 5.16. The average molecular weight is 463 g/mol. The van der Waals surface area contributed by atoms with Gasteiger partial charge in [0.15, 0.2) is 0 Å². The molecule has 6 nitrogen and oxygen atoms in total. The van der Waals surface area contributed by atoms with Gasteiger partial charge in [-0.15, -0.1) is 10.2 Å². The molecule has 0 N–H and O–H groups in total. The quantitative estimate of drug-likeness (QED) is 0.300. The molecule has 2 aromatic carbocycles. The van der Waals surface area contributed by atoms with Gasteiger partial charge in [0, 0.05) is 46.1 Å². The molecule has 0 fully saturated rings. The molecule has 0 aliphatic heterocycles. The molecule has 0 bridgehead atoms. The van der Waals surface area contributed by atoms with Crippen molar-refractivity contribution in [3.63, 3.8) is 0 Å². The van der Waals surface area contributed by atoms with Gasteiger partial charge in [0.2, 0.25) is 5.89 Å².